The Morgan fingerprint density at radius 3 is 2.47 bits per heavy atom. The Morgan fingerprint density at radius 1 is 1.16 bits per heavy atom. The Bertz CT molecular complexity index is 597. The molecule has 1 aromatic heterocycles. The van der Waals surface area contributed by atoms with Crippen LogP contribution in [0.1, 0.15) is 5.56 Å². The van der Waals surface area contributed by atoms with E-state index in [0.29, 0.717) is 10.6 Å². The van der Waals surface area contributed by atoms with Gasteiger partial charge in [-0.1, -0.05) is 36.4 Å². The molecule has 0 aliphatic heterocycles. The Labute approximate surface area is 122 Å². The summed E-state index contributed by atoms with van der Waals surface area (Å²) in [7, 11) is -3.46. The second kappa shape index (κ2) is 6.52. The number of halogens is 1. The van der Waals surface area contributed by atoms with Crippen molar-refractivity contribution < 1.29 is 8.42 Å². The van der Waals surface area contributed by atoms with Crippen molar-refractivity contribution >= 4 is 33.0 Å². The van der Waals surface area contributed by atoms with Gasteiger partial charge in [-0.05, 0) is 23.4 Å². The highest BCUT2D eigenvalue weighted by Gasteiger charge is 2.20. The van der Waals surface area contributed by atoms with E-state index in [4.69, 9.17) is 11.6 Å². The van der Waals surface area contributed by atoms with Gasteiger partial charge < -0.3 is 0 Å². The van der Waals surface area contributed by atoms with Gasteiger partial charge in [-0.25, -0.2) is 13.1 Å². The lowest BCUT2D eigenvalue weighted by molar-refractivity contribution is 0.563. The molecule has 1 N–H and O–H groups in total. The molecule has 2 aromatic rings. The van der Waals surface area contributed by atoms with Crippen molar-refractivity contribution in [1.82, 2.24) is 4.72 Å². The molecule has 3 nitrogen and oxygen atoms in total. The van der Waals surface area contributed by atoms with Gasteiger partial charge in [0.05, 0.1) is 0 Å². The van der Waals surface area contributed by atoms with Crippen LogP contribution in [0.5, 0.6) is 0 Å². The number of rotatable bonds is 6. The zero-order chi connectivity index (χ0) is 13.7. The van der Waals surface area contributed by atoms with Gasteiger partial charge in [0.2, 0.25) is 10.0 Å². The third-order valence-corrected chi connectivity index (χ3v) is 5.88. The number of sulfonamides is 1. The summed E-state index contributed by atoms with van der Waals surface area (Å²) in [6.07, 6.45) is 0.578. The summed E-state index contributed by atoms with van der Waals surface area (Å²) in [5, 5.41) is 1.74. The highest BCUT2D eigenvalue weighted by atomic mass is 35.5. The smallest absolute Gasteiger partial charge is 0.206 e. The molecule has 1 heterocycles. The molecule has 0 spiro atoms. The van der Waals surface area contributed by atoms with Gasteiger partial charge in [-0.15, -0.1) is 22.9 Å². The number of thiophene rings is 1. The predicted molar refractivity (Wildman–Crippen MR) is 79.3 cm³/mol. The van der Waals surface area contributed by atoms with Crippen molar-refractivity contribution in [1.29, 1.82) is 0 Å². The topological polar surface area (TPSA) is 46.2 Å². The number of nitrogens with one attached hydrogen (secondary N) is 1. The van der Waals surface area contributed by atoms with Crippen LogP contribution in [-0.2, 0) is 16.4 Å². The number of hydrogen-bond acceptors (Lipinski definition) is 3. The maximum absolute atomic E-state index is 12.1. The summed E-state index contributed by atoms with van der Waals surface area (Å²) in [5.74, 6) is 0.236. The Kier molecular flexibility index (Phi) is 4.99. The van der Waals surface area contributed by atoms with Crippen LogP contribution in [0.3, 0.4) is 0 Å². The normalized spacial score (nSPS) is 13.3. The Hall–Kier alpha value is -0.880. The summed E-state index contributed by atoms with van der Waals surface area (Å²) in [4.78, 5) is 0. The van der Waals surface area contributed by atoms with Crippen molar-refractivity contribution in [2.75, 3.05) is 5.88 Å². The molecule has 0 aliphatic rings. The van der Waals surface area contributed by atoms with E-state index in [0.717, 1.165) is 5.56 Å². The van der Waals surface area contributed by atoms with Gasteiger partial charge in [-0.2, -0.15) is 0 Å². The Morgan fingerprint density at radius 2 is 1.89 bits per heavy atom. The van der Waals surface area contributed by atoms with Gasteiger partial charge in [0.25, 0.3) is 0 Å². The number of hydrogen-bond donors (Lipinski definition) is 1. The molecule has 0 aliphatic carbocycles. The fourth-order valence-electron chi connectivity index (χ4n) is 1.72. The number of alkyl halides is 1. The van der Waals surface area contributed by atoms with E-state index < -0.39 is 10.0 Å². The highest BCUT2D eigenvalue weighted by Crippen LogP contribution is 2.16. The van der Waals surface area contributed by atoms with E-state index in [9.17, 15) is 8.42 Å². The van der Waals surface area contributed by atoms with Gasteiger partial charge >= 0.3 is 0 Å². The molecule has 19 heavy (non-hydrogen) atoms. The lowest BCUT2D eigenvalue weighted by Gasteiger charge is -2.15. The van der Waals surface area contributed by atoms with Crippen LogP contribution in [0.4, 0.5) is 0 Å². The van der Waals surface area contributed by atoms with Crippen LogP contribution in [0.2, 0.25) is 0 Å². The third-order valence-electron chi connectivity index (χ3n) is 2.59. The minimum Gasteiger partial charge on any atom is -0.206 e. The molecule has 0 fully saturated rings. The van der Waals surface area contributed by atoms with Crippen LogP contribution in [0.15, 0.2) is 52.1 Å². The SMILES string of the molecule is O=S(=O)(NC(CCl)Cc1ccccc1)c1cccs1. The monoisotopic (exact) mass is 315 g/mol. The van der Waals surface area contributed by atoms with Gasteiger partial charge in [0, 0.05) is 11.9 Å². The van der Waals surface area contributed by atoms with E-state index in [1.807, 2.05) is 30.3 Å². The molecule has 102 valence electrons. The fourth-order valence-corrected chi connectivity index (χ4v) is 4.24. The Balaban J connectivity index is 2.08. The van der Waals surface area contributed by atoms with Crippen LogP contribution < -0.4 is 4.72 Å². The average molecular weight is 316 g/mol. The van der Waals surface area contributed by atoms with Gasteiger partial charge in [0.1, 0.15) is 4.21 Å². The fraction of sp³-hybridized carbons (Fsp3) is 0.231. The van der Waals surface area contributed by atoms with E-state index in [-0.39, 0.29) is 11.9 Å². The van der Waals surface area contributed by atoms with Crippen molar-refractivity contribution in [2.24, 2.45) is 0 Å². The molecule has 1 aromatic carbocycles. The first-order chi connectivity index (χ1) is 9.12. The molecule has 0 radical (unpaired) electrons. The van der Waals surface area contributed by atoms with Crippen LogP contribution in [0, 0.1) is 0 Å². The van der Waals surface area contributed by atoms with E-state index in [1.165, 1.54) is 11.3 Å². The zero-order valence-corrected chi connectivity index (χ0v) is 12.5. The maximum Gasteiger partial charge on any atom is 0.250 e. The maximum atomic E-state index is 12.1. The van der Waals surface area contributed by atoms with E-state index in [1.54, 1.807) is 17.5 Å². The summed E-state index contributed by atoms with van der Waals surface area (Å²) in [6, 6.07) is 12.7. The second-order valence-electron chi connectivity index (χ2n) is 4.09. The van der Waals surface area contributed by atoms with E-state index in [2.05, 4.69) is 4.72 Å². The molecule has 0 saturated carbocycles. The lowest BCUT2D eigenvalue weighted by atomic mass is 10.1. The van der Waals surface area contributed by atoms with Crippen LogP contribution in [-0.4, -0.2) is 20.3 Å². The van der Waals surface area contributed by atoms with Crippen molar-refractivity contribution in [3.05, 3.63) is 53.4 Å². The first kappa shape index (κ1) is 14.5. The van der Waals surface area contributed by atoms with Crippen molar-refractivity contribution in [3.8, 4) is 0 Å². The second-order valence-corrected chi connectivity index (χ2v) is 7.29. The summed E-state index contributed by atoms with van der Waals surface area (Å²) < 4.78 is 27.1. The van der Waals surface area contributed by atoms with Crippen molar-refractivity contribution in [3.63, 3.8) is 0 Å². The zero-order valence-electron chi connectivity index (χ0n) is 10.1. The minimum absolute atomic E-state index is 0.236. The molecule has 6 heteroatoms. The minimum atomic E-state index is -3.46. The lowest BCUT2D eigenvalue weighted by Crippen LogP contribution is -2.37. The van der Waals surface area contributed by atoms with Gasteiger partial charge in [-0.3, -0.25) is 0 Å². The molecule has 0 saturated heterocycles. The molecule has 0 amide bonds. The van der Waals surface area contributed by atoms with Crippen LogP contribution in [0.25, 0.3) is 0 Å². The molecule has 0 bridgehead atoms. The molecule has 1 atom stereocenters. The van der Waals surface area contributed by atoms with Gasteiger partial charge in [0.15, 0.2) is 0 Å². The standard InChI is InChI=1S/C13H14ClNO2S2/c14-10-12(9-11-5-2-1-3-6-11)15-19(16,17)13-7-4-8-18-13/h1-8,12,15H,9-10H2. The summed E-state index contributed by atoms with van der Waals surface area (Å²) >= 11 is 7.06. The highest BCUT2D eigenvalue weighted by molar-refractivity contribution is 7.91. The third kappa shape index (κ3) is 4.04. The quantitative estimate of drug-likeness (QED) is 0.833. The molecule has 1 unspecified atom stereocenters. The predicted octanol–water partition coefficient (Wildman–Crippen LogP) is 2.88. The first-order valence-electron chi connectivity index (χ1n) is 5.77. The van der Waals surface area contributed by atoms with Crippen LogP contribution >= 0.6 is 22.9 Å². The van der Waals surface area contributed by atoms with Crippen molar-refractivity contribution in [2.45, 2.75) is 16.7 Å². The first-order valence-corrected chi connectivity index (χ1v) is 8.67. The number of benzene rings is 1. The van der Waals surface area contributed by atoms with E-state index >= 15 is 0 Å². The molecular formula is C13H14ClNO2S2. The summed E-state index contributed by atoms with van der Waals surface area (Å²) in [5.41, 5.74) is 1.06. The molecular weight excluding hydrogens is 302 g/mol. The molecule has 2 rings (SSSR count). The average Bonchev–Trinajstić information content (AvgIpc) is 2.93. The summed E-state index contributed by atoms with van der Waals surface area (Å²) in [6.45, 7) is 0. The largest absolute Gasteiger partial charge is 0.250 e.